The van der Waals surface area contributed by atoms with Crippen LogP contribution >= 0.6 is 0 Å². The minimum atomic E-state index is -0.374. The zero-order chi connectivity index (χ0) is 18.7. The molecule has 26 heavy (non-hydrogen) atoms. The van der Waals surface area contributed by atoms with E-state index in [4.69, 9.17) is 0 Å². The zero-order valence-electron chi connectivity index (χ0n) is 14.9. The van der Waals surface area contributed by atoms with Crippen molar-refractivity contribution in [3.63, 3.8) is 0 Å². The van der Waals surface area contributed by atoms with Gasteiger partial charge in [0.1, 0.15) is 0 Å². The molecule has 2 aromatic rings. The van der Waals surface area contributed by atoms with Crippen molar-refractivity contribution in [1.82, 2.24) is 4.90 Å². The van der Waals surface area contributed by atoms with Crippen LogP contribution in [0.5, 0.6) is 0 Å². The number of ketones is 1. The van der Waals surface area contributed by atoms with E-state index in [1.165, 1.54) is 6.92 Å². The zero-order valence-corrected chi connectivity index (χ0v) is 14.9. The van der Waals surface area contributed by atoms with Crippen LogP contribution in [0.25, 0.3) is 0 Å². The lowest BCUT2D eigenvalue weighted by Gasteiger charge is -2.25. The average Bonchev–Trinajstić information content (AvgIpc) is 3.04. The maximum Gasteiger partial charge on any atom is 0.229 e. The molecule has 5 nitrogen and oxygen atoms in total. The standard InChI is InChI=1S/C21H22N2O3/c1-14(16-6-4-3-5-7-16)23-13-18(12-20(23)25)21(26)22-19-10-8-17(9-11-19)15(2)24/h3-11,14,18H,12-13H2,1-2H3,(H,22,26)/t14-,18+/m0/s1. The van der Waals surface area contributed by atoms with Gasteiger partial charge in [-0.3, -0.25) is 14.4 Å². The summed E-state index contributed by atoms with van der Waals surface area (Å²) in [6.45, 7) is 3.89. The van der Waals surface area contributed by atoms with Gasteiger partial charge in [0.2, 0.25) is 11.8 Å². The van der Waals surface area contributed by atoms with Crippen LogP contribution in [-0.2, 0) is 9.59 Å². The Balaban J connectivity index is 1.64. The molecular weight excluding hydrogens is 328 g/mol. The van der Waals surface area contributed by atoms with Gasteiger partial charge in [-0.1, -0.05) is 30.3 Å². The average molecular weight is 350 g/mol. The van der Waals surface area contributed by atoms with Crippen LogP contribution in [0.15, 0.2) is 54.6 Å². The minimum Gasteiger partial charge on any atom is -0.335 e. The summed E-state index contributed by atoms with van der Waals surface area (Å²) in [5, 5.41) is 2.84. The fourth-order valence-corrected chi connectivity index (χ4v) is 3.23. The van der Waals surface area contributed by atoms with Crippen LogP contribution in [0, 0.1) is 5.92 Å². The van der Waals surface area contributed by atoms with Crippen LogP contribution < -0.4 is 5.32 Å². The van der Waals surface area contributed by atoms with Crippen molar-refractivity contribution in [2.24, 2.45) is 5.92 Å². The Morgan fingerprint density at radius 1 is 1.08 bits per heavy atom. The van der Waals surface area contributed by atoms with E-state index in [-0.39, 0.29) is 36.0 Å². The third-order valence-corrected chi connectivity index (χ3v) is 4.84. The number of amides is 2. The Kier molecular flexibility index (Phi) is 5.16. The molecule has 0 bridgehead atoms. The van der Waals surface area contributed by atoms with E-state index < -0.39 is 0 Å². The maximum atomic E-state index is 12.5. The van der Waals surface area contributed by atoms with Crippen molar-refractivity contribution in [1.29, 1.82) is 0 Å². The summed E-state index contributed by atoms with van der Waals surface area (Å²) in [5.41, 5.74) is 2.28. The van der Waals surface area contributed by atoms with E-state index in [1.807, 2.05) is 37.3 Å². The summed E-state index contributed by atoms with van der Waals surface area (Å²) in [6, 6.07) is 16.5. The Morgan fingerprint density at radius 2 is 1.73 bits per heavy atom. The lowest BCUT2D eigenvalue weighted by atomic mass is 10.1. The molecule has 1 N–H and O–H groups in total. The van der Waals surface area contributed by atoms with E-state index in [0.29, 0.717) is 17.8 Å². The molecule has 1 aliphatic rings. The monoisotopic (exact) mass is 350 g/mol. The van der Waals surface area contributed by atoms with Crippen molar-refractivity contribution in [2.45, 2.75) is 26.3 Å². The molecule has 2 atom stereocenters. The Morgan fingerprint density at radius 3 is 2.35 bits per heavy atom. The van der Waals surface area contributed by atoms with E-state index in [1.54, 1.807) is 29.2 Å². The number of nitrogens with zero attached hydrogens (tertiary/aromatic N) is 1. The predicted octanol–water partition coefficient (Wildman–Crippen LogP) is 3.44. The van der Waals surface area contributed by atoms with Gasteiger partial charge in [-0.25, -0.2) is 0 Å². The number of carbonyl (C=O) groups is 3. The number of Topliss-reactive ketones (excluding diaryl/α,β-unsaturated/α-hetero) is 1. The molecule has 2 aromatic carbocycles. The highest BCUT2D eigenvalue weighted by molar-refractivity contribution is 5.98. The number of rotatable bonds is 5. The van der Waals surface area contributed by atoms with Crippen molar-refractivity contribution in [2.75, 3.05) is 11.9 Å². The van der Waals surface area contributed by atoms with Gasteiger partial charge in [-0.05, 0) is 43.7 Å². The lowest BCUT2D eigenvalue weighted by molar-refractivity contribution is -0.129. The molecule has 1 saturated heterocycles. The maximum absolute atomic E-state index is 12.5. The number of hydrogen-bond acceptors (Lipinski definition) is 3. The highest BCUT2D eigenvalue weighted by atomic mass is 16.2. The third-order valence-electron chi connectivity index (χ3n) is 4.84. The Hall–Kier alpha value is -2.95. The van der Waals surface area contributed by atoms with Crippen LogP contribution in [0.2, 0.25) is 0 Å². The summed E-state index contributed by atoms with van der Waals surface area (Å²) in [7, 11) is 0. The van der Waals surface area contributed by atoms with Gasteiger partial charge in [0, 0.05) is 24.2 Å². The first-order valence-electron chi connectivity index (χ1n) is 8.72. The first kappa shape index (κ1) is 17.9. The fourth-order valence-electron chi connectivity index (χ4n) is 3.23. The highest BCUT2D eigenvalue weighted by Crippen LogP contribution is 2.29. The number of likely N-dealkylation sites (tertiary alicyclic amines) is 1. The second-order valence-corrected chi connectivity index (χ2v) is 6.66. The van der Waals surface area contributed by atoms with Gasteiger partial charge >= 0.3 is 0 Å². The van der Waals surface area contributed by atoms with Gasteiger partial charge in [0.05, 0.1) is 12.0 Å². The topological polar surface area (TPSA) is 66.5 Å². The van der Waals surface area contributed by atoms with Gasteiger partial charge in [-0.2, -0.15) is 0 Å². The molecule has 0 aromatic heterocycles. The number of benzene rings is 2. The molecule has 0 unspecified atom stereocenters. The number of hydrogen-bond donors (Lipinski definition) is 1. The second kappa shape index (κ2) is 7.52. The normalized spacial score (nSPS) is 17.8. The number of nitrogens with one attached hydrogen (secondary N) is 1. The number of carbonyl (C=O) groups excluding carboxylic acids is 3. The van der Waals surface area contributed by atoms with Gasteiger partial charge in [-0.15, -0.1) is 0 Å². The predicted molar refractivity (Wildman–Crippen MR) is 99.8 cm³/mol. The molecule has 1 aliphatic heterocycles. The second-order valence-electron chi connectivity index (χ2n) is 6.66. The summed E-state index contributed by atoms with van der Waals surface area (Å²) >= 11 is 0. The summed E-state index contributed by atoms with van der Waals surface area (Å²) < 4.78 is 0. The molecule has 5 heteroatoms. The first-order chi connectivity index (χ1) is 12.5. The van der Waals surface area contributed by atoms with E-state index in [9.17, 15) is 14.4 Å². The minimum absolute atomic E-state index is 0.00608. The van der Waals surface area contributed by atoms with Gasteiger partial charge in [0.15, 0.2) is 5.78 Å². The lowest BCUT2D eigenvalue weighted by Crippen LogP contribution is -2.30. The summed E-state index contributed by atoms with van der Waals surface area (Å²) in [6.07, 6.45) is 0.217. The van der Waals surface area contributed by atoms with Crippen molar-refractivity contribution < 1.29 is 14.4 Å². The Bertz CT molecular complexity index is 815. The molecule has 0 aliphatic carbocycles. The molecule has 0 saturated carbocycles. The molecule has 0 radical (unpaired) electrons. The van der Waals surface area contributed by atoms with Crippen LogP contribution in [-0.4, -0.2) is 29.0 Å². The largest absolute Gasteiger partial charge is 0.335 e. The smallest absolute Gasteiger partial charge is 0.229 e. The van der Waals surface area contributed by atoms with E-state index in [2.05, 4.69) is 5.32 Å². The van der Waals surface area contributed by atoms with Gasteiger partial charge < -0.3 is 10.2 Å². The molecule has 1 fully saturated rings. The fraction of sp³-hybridized carbons (Fsp3) is 0.286. The quantitative estimate of drug-likeness (QED) is 0.840. The van der Waals surface area contributed by atoms with Crippen molar-refractivity contribution in [3.8, 4) is 0 Å². The highest BCUT2D eigenvalue weighted by Gasteiger charge is 2.36. The third kappa shape index (κ3) is 3.82. The molecule has 2 amide bonds. The van der Waals surface area contributed by atoms with Crippen molar-refractivity contribution in [3.05, 3.63) is 65.7 Å². The molecule has 134 valence electrons. The van der Waals surface area contributed by atoms with Gasteiger partial charge in [0.25, 0.3) is 0 Å². The molecule has 3 rings (SSSR count). The van der Waals surface area contributed by atoms with E-state index >= 15 is 0 Å². The summed E-state index contributed by atoms with van der Waals surface area (Å²) in [5.74, 6) is -0.568. The van der Waals surface area contributed by atoms with E-state index in [0.717, 1.165) is 5.56 Å². The van der Waals surface area contributed by atoms with Crippen LogP contribution in [0.4, 0.5) is 5.69 Å². The molecular formula is C21H22N2O3. The molecule has 1 heterocycles. The van der Waals surface area contributed by atoms with Crippen LogP contribution in [0.3, 0.4) is 0 Å². The number of anilines is 1. The SMILES string of the molecule is CC(=O)c1ccc(NC(=O)[C@@H]2CC(=O)N([C@@H](C)c3ccccc3)C2)cc1. The Labute approximate surface area is 153 Å². The molecule has 0 spiro atoms. The summed E-state index contributed by atoms with van der Waals surface area (Å²) in [4.78, 5) is 38.0. The van der Waals surface area contributed by atoms with Crippen molar-refractivity contribution >= 4 is 23.3 Å². The first-order valence-corrected chi connectivity index (χ1v) is 8.72. The van der Waals surface area contributed by atoms with Crippen LogP contribution in [0.1, 0.15) is 42.2 Å².